The lowest BCUT2D eigenvalue weighted by atomic mass is 9.95. The molecule has 0 radical (unpaired) electrons. The summed E-state index contributed by atoms with van der Waals surface area (Å²) in [6.07, 6.45) is 5.88. The van der Waals surface area contributed by atoms with Crippen LogP contribution in [-0.4, -0.2) is 51.5 Å². The molecular weight excluding hydrogens is 434 g/mol. The molecule has 1 amide bonds. The topological polar surface area (TPSA) is 93.9 Å². The number of benzene rings is 2. The van der Waals surface area contributed by atoms with E-state index >= 15 is 0 Å². The van der Waals surface area contributed by atoms with Crippen LogP contribution < -0.4 is 9.47 Å². The summed E-state index contributed by atoms with van der Waals surface area (Å²) >= 11 is 0. The number of Topliss-reactive ketones (excluding diaryl/α,β-unsaturated/α-hetero) is 1. The molecule has 0 spiro atoms. The van der Waals surface area contributed by atoms with Gasteiger partial charge in [0.25, 0.3) is 11.7 Å². The van der Waals surface area contributed by atoms with E-state index in [0.717, 1.165) is 5.56 Å². The highest BCUT2D eigenvalue weighted by Gasteiger charge is 2.45. The van der Waals surface area contributed by atoms with E-state index in [-0.39, 0.29) is 11.3 Å². The van der Waals surface area contributed by atoms with Crippen molar-refractivity contribution >= 4 is 17.4 Å². The second-order valence-corrected chi connectivity index (χ2v) is 7.88. The summed E-state index contributed by atoms with van der Waals surface area (Å²) in [5.41, 5.74) is 1.23. The first kappa shape index (κ1) is 23.1. The molecule has 0 saturated carbocycles. The Morgan fingerprint density at radius 2 is 1.74 bits per heavy atom. The number of aliphatic hydroxyl groups excluding tert-OH is 1. The van der Waals surface area contributed by atoms with Gasteiger partial charge in [-0.15, -0.1) is 0 Å². The summed E-state index contributed by atoms with van der Waals surface area (Å²) < 4.78 is 12.6. The van der Waals surface area contributed by atoms with E-state index in [0.29, 0.717) is 43.2 Å². The molecule has 0 aliphatic carbocycles. The maximum absolute atomic E-state index is 13.1. The Hall–Kier alpha value is -4.07. The third kappa shape index (κ3) is 4.66. The van der Waals surface area contributed by atoms with E-state index in [1.165, 1.54) is 4.90 Å². The summed E-state index contributed by atoms with van der Waals surface area (Å²) in [4.78, 5) is 31.8. The Kier molecular flexibility index (Phi) is 6.96. The number of methoxy groups -OCH3 is 1. The van der Waals surface area contributed by atoms with Crippen molar-refractivity contribution in [3.8, 4) is 11.5 Å². The Bertz CT molecular complexity index is 1170. The van der Waals surface area contributed by atoms with Crippen molar-refractivity contribution in [2.75, 3.05) is 20.3 Å². The minimum absolute atomic E-state index is 0.0713. The van der Waals surface area contributed by atoms with Crippen molar-refractivity contribution in [3.63, 3.8) is 0 Å². The lowest BCUT2D eigenvalue weighted by molar-refractivity contribution is -0.139. The zero-order chi connectivity index (χ0) is 24.1. The molecule has 1 saturated heterocycles. The number of amides is 1. The van der Waals surface area contributed by atoms with Gasteiger partial charge in [-0.05, 0) is 55.3 Å². The molecule has 1 fully saturated rings. The van der Waals surface area contributed by atoms with Crippen molar-refractivity contribution in [3.05, 3.63) is 84.0 Å². The number of imidazole rings is 1. The number of likely N-dealkylation sites (tertiary alicyclic amines) is 1. The van der Waals surface area contributed by atoms with Crippen molar-refractivity contribution in [1.29, 1.82) is 0 Å². The fraction of sp³-hybridized carbons (Fsp3) is 0.269. The SMILES string of the molecule is CCOc1ccc([C@@H]2C(=C(O)c3ccc(OC)cc3)C(=O)C(=O)N2CCCn2ccnc2)cc1. The average molecular weight is 462 g/mol. The number of rotatable bonds is 9. The predicted octanol–water partition coefficient (Wildman–Crippen LogP) is 3.80. The summed E-state index contributed by atoms with van der Waals surface area (Å²) in [6.45, 7) is 3.43. The van der Waals surface area contributed by atoms with Gasteiger partial charge in [0.15, 0.2) is 0 Å². The van der Waals surface area contributed by atoms with Gasteiger partial charge < -0.3 is 24.0 Å². The van der Waals surface area contributed by atoms with Gasteiger partial charge in [-0.1, -0.05) is 12.1 Å². The predicted molar refractivity (Wildman–Crippen MR) is 126 cm³/mol. The molecule has 8 heteroatoms. The average Bonchev–Trinajstić information content (AvgIpc) is 3.47. The summed E-state index contributed by atoms with van der Waals surface area (Å²) in [7, 11) is 1.55. The van der Waals surface area contributed by atoms with Crippen LogP contribution in [0.5, 0.6) is 11.5 Å². The molecule has 4 rings (SSSR count). The minimum Gasteiger partial charge on any atom is -0.507 e. The number of hydrogen-bond donors (Lipinski definition) is 1. The lowest BCUT2D eigenvalue weighted by Crippen LogP contribution is -2.31. The molecule has 1 aliphatic heterocycles. The maximum atomic E-state index is 13.1. The van der Waals surface area contributed by atoms with Gasteiger partial charge in [0.1, 0.15) is 17.3 Å². The fourth-order valence-corrected chi connectivity index (χ4v) is 4.12. The Morgan fingerprint density at radius 3 is 2.35 bits per heavy atom. The highest BCUT2D eigenvalue weighted by Crippen LogP contribution is 2.40. The molecule has 3 aromatic rings. The normalized spacial score (nSPS) is 17.2. The fourth-order valence-electron chi connectivity index (χ4n) is 4.12. The molecule has 0 unspecified atom stereocenters. The summed E-state index contributed by atoms with van der Waals surface area (Å²) in [5, 5.41) is 11.1. The van der Waals surface area contributed by atoms with E-state index in [1.807, 2.05) is 29.8 Å². The summed E-state index contributed by atoms with van der Waals surface area (Å²) in [5.74, 6) is -0.218. The van der Waals surface area contributed by atoms with E-state index < -0.39 is 17.7 Å². The van der Waals surface area contributed by atoms with Crippen molar-refractivity contribution in [2.24, 2.45) is 0 Å². The minimum atomic E-state index is -0.708. The Balaban J connectivity index is 1.71. The number of aliphatic hydroxyl groups is 1. The van der Waals surface area contributed by atoms with Crippen LogP contribution in [0, 0.1) is 0 Å². The monoisotopic (exact) mass is 461 g/mol. The zero-order valence-corrected chi connectivity index (χ0v) is 19.2. The molecule has 0 bridgehead atoms. The Morgan fingerprint density at radius 1 is 1.03 bits per heavy atom. The third-order valence-corrected chi connectivity index (χ3v) is 5.78. The first-order valence-electron chi connectivity index (χ1n) is 11.1. The lowest BCUT2D eigenvalue weighted by Gasteiger charge is -2.25. The van der Waals surface area contributed by atoms with E-state index in [4.69, 9.17) is 9.47 Å². The quantitative estimate of drug-likeness (QED) is 0.296. The van der Waals surface area contributed by atoms with Crippen LogP contribution in [-0.2, 0) is 16.1 Å². The second-order valence-electron chi connectivity index (χ2n) is 7.88. The second kappa shape index (κ2) is 10.2. The molecule has 34 heavy (non-hydrogen) atoms. The van der Waals surface area contributed by atoms with Gasteiger partial charge in [-0.3, -0.25) is 9.59 Å². The highest BCUT2D eigenvalue weighted by molar-refractivity contribution is 6.46. The van der Waals surface area contributed by atoms with Crippen LogP contribution in [0.15, 0.2) is 72.8 Å². The molecular formula is C26H27N3O5. The molecule has 176 valence electrons. The van der Waals surface area contributed by atoms with Crippen LogP contribution in [0.4, 0.5) is 0 Å². The van der Waals surface area contributed by atoms with Crippen LogP contribution in [0.1, 0.15) is 30.5 Å². The number of ether oxygens (including phenoxy) is 2. The van der Waals surface area contributed by atoms with Crippen molar-refractivity contribution < 1.29 is 24.2 Å². The van der Waals surface area contributed by atoms with Crippen molar-refractivity contribution in [2.45, 2.75) is 25.9 Å². The Labute approximate surface area is 198 Å². The number of aromatic nitrogens is 2. The molecule has 1 aromatic heterocycles. The molecule has 2 heterocycles. The van der Waals surface area contributed by atoms with E-state index in [9.17, 15) is 14.7 Å². The van der Waals surface area contributed by atoms with Crippen LogP contribution >= 0.6 is 0 Å². The molecule has 1 atom stereocenters. The molecule has 2 aromatic carbocycles. The number of aryl methyl sites for hydroxylation is 1. The number of carbonyl (C=O) groups excluding carboxylic acids is 2. The maximum Gasteiger partial charge on any atom is 0.295 e. The molecule has 1 N–H and O–H groups in total. The van der Waals surface area contributed by atoms with Crippen LogP contribution in [0.3, 0.4) is 0 Å². The smallest absolute Gasteiger partial charge is 0.295 e. The van der Waals surface area contributed by atoms with Gasteiger partial charge in [-0.2, -0.15) is 0 Å². The third-order valence-electron chi connectivity index (χ3n) is 5.78. The standard InChI is InChI=1S/C26H27N3O5/c1-3-34-21-11-5-18(6-12-21)23-22(24(30)19-7-9-20(33-2)10-8-19)25(31)26(32)29(23)15-4-14-28-16-13-27-17-28/h5-13,16-17,23,30H,3-4,14-15H2,1-2H3/t23-/m1/s1. The van der Waals surface area contributed by atoms with Gasteiger partial charge >= 0.3 is 0 Å². The largest absolute Gasteiger partial charge is 0.507 e. The van der Waals surface area contributed by atoms with E-state index in [1.54, 1.807) is 56.0 Å². The van der Waals surface area contributed by atoms with Gasteiger partial charge in [0.05, 0.1) is 31.7 Å². The molecule has 1 aliphatic rings. The van der Waals surface area contributed by atoms with Crippen LogP contribution in [0.2, 0.25) is 0 Å². The highest BCUT2D eigenvalue weighted by atomic mass is 16.5. The number of ketones is 1. The number of nitrogens with zero attached hydrogens (tertiary/aromatic N) is 3. The van der Waals surface area contributed by atoms with E-state index in [2.05, 4.69) is 4.98 Å². The zero-order valence-electron chi connectivity index (χ0n) is 19.2. The number of hydrogen-bond acceptors (Lipinski definition) is 6. The number of carbonyl (C=O) groups is 2. The summed E-state index contributed by atoms with van der Waals surface area (Å²) in [6, 6.07) is 13.3. The first-order valence-corrected chi connectivity index (χ1v) is 11.1. The van der Waals surface area contributed by atoms with Crippen molar-refractivity contribution in [1.82, 2.24) is 14.5 Å². The first-order chi connectivity index (χ1) is 16.5. The van der Waals surface area contributed by atoms with Gasteiger partial charge in [0.2, 0.25) is 0 Å². The van der Waals surface area contributed by atoms with Gasteiger partial charge in [0, 0.05) is 31.0 Å². The molecule has 8 nitrogen and oxygen atoms in total. The van der Waals surface area contributed by atoms with Crippen LogP contribution in [0.25, 0.3) is 5.76 Å². The van der Waals surface area contributed by atoms with Gasteiger partial charge in [-0.25, -0.2) is 4.98 Å².